The van der Waals surface area contributed by atoms with Crippen LogP contribution in [0.15, 0.2) is 30.3 Å². The second-order valence-electron chi connectivity index (χ2n) is 7.71. The molecule has 1 aromatic rings. The zero-order valence-corrected chi connectivity index (χ0v) is 16.2. The third-order valence-corrected chi connectivity index (χ3v) is 5.31. The zero-order chi connectivity index (χ0) is 20.0. The van der Waals surface area contributed by atoms with E-state index in [4.69, 9.17) is 5.11 Å². The highest BCUT2D eigenvalue weighted by atomic mass is 16.4. The van der Waals surface area contributed by atoms with Gasteiger partial charge in [-0.15, -0.1) is 0 Å². The SMILES string of the molecule is CC(C)C(C)(CC(=O)O)NC(=O)C1CCCN(C(=O)Nc2ccccc2)C1. The maximum absolute atomic E-state index is 12.8. The number of carboxylic acid groups (broad SMARTS) is 1. The number of likely N-dealkylation sites (tertiary alicyclic amines) is 1. The fourth-order valence-corrected chi connectivity index (χ4v) is 3.19. The summed E-state index contributed by atoms with van der Waals surface area (Å²) in [6.07, 6.45) is 1.28. The average molecular weight is 375 g/mol. The highest BCUT2D eigenvalue weighted by molar-refractivity contribution is 5.90. The van der Waals surface area contributed by atoms with Gasteiger partial charge in [0, 0.05) is 24.3 Å². The largest absolute Gasteiger partial charge is 0.481 e. The monoisotopic (exact) mass is 375 g/mol. The molecule has 0 aromatic heterocycles. The fraction of sp³-hybridized carbons (Fsp3) is 0.550. The number of amides is 3. The molecule has 2 unspecified atom stereocenters. The molecular weight excluding hydrogens is 346 g/mol. The molecule has 148 valence electrons. The first kappa shape index (κ1) is 20.7. The van der Waals surface area contributed by atoms with Crippen molar-refractivity contribution in [3.05, 3.63) is 30.3 Å². The summed E-state index contributed by atoms with van der Waals surface area (Å²) >= 11 is 0. The lowest BCUT2D eigenvalue weighted by molar-refractivity contribution is -0.140. The molecule has 7 heteroatoms. The van der Waals surface area contributed by atoms with Crippen molar-refractivity contribution >= 4 is 23.6 Å². The Morgan fingerprint density at radius 3 is 2.52 bits per heavy atom. The predicted molar refractivity (Wildman–Crippen MR) is 103 cm³/mol. The van der Waals surface area contributed by atoms with E-state index >= 15 is 0 Å². The molecule has 0 saturated carbocycles. The first-order valence-corrected chi connectivity index (χ1v) is 9.36. The summed E-state index contributed by atoms with van der Waals surface area (Å²) in [4.78, 5) is 38.1. The molecule has 1 heterocycles. The quantitative estimate of drug-likeness (QED) is 0.712. The Bertz CT molecular complexity index is 677. The number of anilines is 1. The van der Waals surface area contributed by atoms with Crippen LogP contribution >= 0.6 is 0 Å². The molecule has 0 spiro atoms. The number of piperidine rings is 1. The average Bonchev–Trinajstić information content (AvgIpc) is 2.61. The van der Waals surface area contributed by atoms with Gasteiger partial charge >= 0.3 is 12.0 Å². The Labute approximate surface area is 160 Å². The lowest BCUT2D eigenvalue weighted by Gasteiger charge is -2.37. The number of nitrogens with zero attached hydrogens (tertiary/aromatic N) is 1. The summed E-state index contributed by atoms with van der Waals surface area (Å²) in [6.45, 7) is 6.46. The Morgan fingerprint density at radius 2 is 1.93 bits per heavy atom. The van der Waals surface area contributed by atoms with E-state index in [1.54, 1.807) is 11.8 Å². The minimum Gasteiger partial charge on any atom is -0.481 e. The number of carbonyl (C=O) groups is 3. The molecule has 7 nitrogen and oxygen atoms in total. The van der Waals surface area contributed by atoms with Gasteiger partial charge in [-0.3, -0.25) is 9.59 Å². The van der Waals surface area contributed by atoms with Crippen molar-refractivity contribution in [3.8, 4) is 0 Å². The first-order chi connectivity index (χ1) is 12.7. The highest BCUT2D eigenvalue weighted by Crippen LogP contribution is 2.24. The van der Waals surface area contributed by atoms with Gasteiger partial charge < -0.3 is 20.6 Å². The van der Waals surface area contributed by atoms with Gasteiger partial charge in [-0.1, -0.05) is 32.0 Å². The number of urea groups is 1. The maximum atomic E-state index is 12.8. The molecule has 1 aliphatic rings. The molecule has 27 heavy (non-hydrogen) atoms. The molecule has 1 saturated heterocycles. The third kappa shape index (κ3) is 5.70. The van der Waals surface area contributed by atoms with Gasteiger partial charge in [0.15, 0.2) is 0 Å². The maximum Gasteiger partial charge on any atom is 0.321 e. The number of hydrogen-bond donors (Lipinski definition) is 3. The Morgan fingerprint density at radius 1 is 1.26 bits per heavy atom. The van der Waals surface area contributed by atoms with Crippen LogP contribution in [0.5, 0.6) is 0 Å². The summed E-state index contributed by atoms with van der Waals surface area (Å²) in [7, 11) is 0. The zero-order valence-electron chi connectivity index (χ0n) is 16.2. The van der Waals surface area contributed by atoms with E-state index in [9.17, 15) is 14.4 Å². The predicted octanol–water partition coefficient (Wildman–Crippen LogP) is 2.94. The van der Waals surface area contributed by atoms with Gasteiger partial charge in [0.25, 0.3) is 0 Å². The number of carbonyl (C=O) groups excluding carboxylic acids is 2. The summed E-state index contributed by atoms with van der Waals surface area (Å²) in [5.74, 6) is -1.51. The summed E-state index contributed by atoms with van der Waals surface area (Å²) in [5.41, 5.74) is -0.111. The molecular formula is C20H29N3O4. The van der Waals surface area contributed by atoms with E-state index in [2.05, 4.69) is 10.6 Å². The molecule has 1 fully saturated rings. The lowest BCUT2D eigenvalue weighted by Crippen LogP contribution is -2.55. The highest BCUT2D eigenvalue weighted by Gasteiger charge is 2.36. The Kier molecular flexibility index (Phi) is 6.82. The minimum atomic E-state index is -0.945. The van der Waals surface area contributed by atoms with E-state index in [-0.39, 0.29) is 30.2 Å². The van der Waals surface area contributed by atoms with Crippen LogP contribution in [-0.2, 0) is 9.59 Å². The molecule has 2 atom stereocenters. The van der Waals surface area contributed by atoms with E-state index in [0.717, 1.165) is 6.42 Å². The first-order valence-electron chi connectivity index (χ1n) is 9.36. The number of carboxylic acids is 1. The standard InChI is InChI=1S/C20H29N3O4/c1-14(2)20(3,12-17(24)25)22-18(26)15-8-7-11-23(13-15)19(27)21-16-9-5-4-6-10-16/h4-6,9-10,14-15H,7-8,11-13H2,1-3H3,(H,21,27)(H,22,26)(H,24,25). The Hall–Kier alpha value is -2.57. The van der Waals surface area contributed by atoms with Crippen LogP contribution in [0.3, 0.4) is 0 Å². The van der Waals surface area contributed by atoms with Crippen molar-refractivity contribution in [3.63, 3.8) is 0 Å². The second-order valence-corrected chi connectivity index (χ2v) is 7.71. The van der Waals surface area contributed by atoms with Crippen LogP contribution in [-0.4, -0.2) is 46.5 Å². The fourth-order valence-electron chi connectivity index (χ4n) is 3.19. The van der Waals surface area contributed by atoms with Crippen molar-refractivity contribution in [2.45, 2.75) is 45.6 Å². The molecule has 0 bridgehead atoms. The second kappa shape index (κ2) is 8.88. The van der Waals surface area contributed by atoms with E-state index < -0.39 is 11.5 Å². The van der Waals surface area contributed by atoms with Crippen molar-refractivity contribution in [2.24, 2.45) is 11.8 Å². The van der Waals surface area contributed by atoms with Crippen LogP contribution in [0.4, 0.5) is 10.5 Å². The van der Waals surface area contributed by atoms with Crippen molar-refractivity contribution in [2.75, 3.05) is 18.4 Å². The number of nitrogens with one attached hydrogen (secondary N) is 2. The van der Waals surface area contributed by atoms with Gasteiger partial charge in [-0.2, -0.15) is 0 Å². The molecule has 1 aromatic carbocycles. The lowest BCUT2D eigenvalue weighted by atomic mass is 9.84. The van der Waals surface area contributed by atoms with Crippen LogP contribution < -0.4 is 10.6 Å². The summed E-state index contributed by atoms with van der Waals surface area (Å²) in [6, 6.07) is 8.96. The van der Waals surface area contributed by atoms with Gasteiger partial charge in [0.2, 0.25) is 5.91 Å². The van der Waals surface area contributed by atoms with E-state index in [1.807, 2.05) is 44.2 Å². The molecule has 3 amide bonds. The summed E-state index contributed by atoms with van der Waals surface area (Å²) in [5, 5.41) is 14.9. The third-order valence-electron chi connectivity index (χ3n) is 5.31. The molecule has 1 aliphatic heterocycles. The van der Waals surface area contributed by atoms with Gasteiger partial charge in [0.05, 0.1) is 12.3 Å². The minimum absolute atomic E-state index is 0.0291. The number of hydrogen-bond acceptors (Lipinski definition) is 3. The van der Waals surface area contributed by atoms with Gasteiger partial charge in [-0.25, -0.2) is 4.79 Å². The molecule has 0 radical (unpaired) electrons. The van der Waals surface area contributed by atoms with Crippen molar-refractivity contribution in [1.82, 2.24) is 10.2 Å². The van der Waals surface area contributed by atoms with Crippen LogP contribution in [0.1, 0.15) is 40.0 Å². The molecule has 2 rings (SSSR count). The van der Waals surface area contributed by atoms with Crippen molar-refractivity contribution in [1.29, 1.82) is 0 Å². The smallest absolute Gasteiger partial charge is 0.321 e. The van der Waals surface area contributed by atoms with Crippen LogP contribution in [0.2, 0.25) is 0 Å². The summed E-state index contributed by atoms with van der Waals surface area (Å²) < 4.78 is 0. The van der Waals surface area contributed by atoms with Gasteiger partial charge in [-0.05, 0) is 37.8 Å². The molecule has 3 N–H and O–H groups in total. The van der Waals surface area contributed by atoms with Crippen LogP contribution in [0, 0.1) is 11.8 Å². The topological polar surface area (TPSA) is 98.7 Å². The van der Waals surface area contributed by atoms with Gasteiger partial charge in [0.1, 0.15) is 0 Å². The number of rotatable bonds is 6. The molecule has 0 aliphatic carbocycles. The van der Waals surface area contributed by atoms with Crippen LogP contribution in [0.25, 0.3) is 0 Å². The number of aliphatic carboxylic acids is 1. The van der Waals surface area contributed by atoms with E-state index in [0.29, 0.717) is 25.2 Å². The normalized spacial score (nSPS) is 19.3. The van der Waals surface area contributed by atoms with E-state index in [1.165, 1.54) is 0 Å². The Balaban J connectivity index is 1.98. The number of para-hydroxylation sites is 1. The van der Waals surface area contributed by atoms with Crippen molar-refractivity contribution < 1.29 is 19.5 Å². The number of benzene rings is 1.